The molecule has 3 N–H and O–H groups in total. The minimum absolute atomic E-state index is 0.101. The summed E-state index contributed by atoms with van der Waals surface area (Å²) in [5, 5.41) is 2.72. The topological polar surface area (TPSA) is 64.3 Å². The number of methoxy groups -OCH3 is 1. The van der Waals surface area contributed by atoms with Gasteiger partial charge in [-0.05, 0) is 29.8 Å². The summed E-state index contributed by atoms with van der Waals surface area (Å²) < 4.78 is 18.4. The second-order valence-electron chi connectivity index (χ2n) is 4.16. The molecule has 4 nitrogen and oxygen atoms in total. The van der Waals surface area contributed by atoms with Crippen LogP contribution in [0.2, 0.25) is 0 Å². The Bertz CT molecular complexity index is 629. The number of carbonyl (C=O) groups is 1. The molecule has 0 aliphatic heterocycles. The van der Waals surface area contributed by atoms with Gasteiger partial charge in [0.05, 0.1) is 7.11 Å². The second-order valence-corrected chi connectivity index (χ2v) is 4.16. The van der Waals surface area contributed by atoms with Gasteiger partial charge in [-0.25, -0.2) is 4.39 Å². The van der Waals surface area contributed by atoms with Gasteiger partial charge in [0.25, 0.3) is 5.91 Å². The van der Waals surface area contributed by atoms with E-state index in [4.69, 9.17) is 10.5 Å². The van der Waals surface area contributed by atoms with Gasteiger partial charge in [0.2, 0.25) is 0 Å². The number of para-hydroxylation sites is 1. The fraction of sp³-hybridized carbons (Fsp3) is 0.133. The van der Waals surface area contributed by atoms with Crippen LogP contribution < -0.4 is 15.8 Å². The molecule has 104 valence electrons. The highest BCUT2D eigenvalue weighted by Crippen LogP contribution is 2.20. The highest BCUT2D eigenvalue weighted by atomic mass is 19.1. The van der Waals surface area contributed by atoms with Gasteiger partial charge in [-0.1, -0.05) is 18.2 Å². The van der Waals surface area contributed by atoms with Crippen LogP contribution in [0, 0.1) is 5.82 Å². The van der Waals surface area contributed by atoms with Crippen LogP contribution in [0.3, 0.4) is 0 Å². The first kappa shape index (κ1) is 14.0. The molecule has 0 unspecified atom stereocenters. The van der Waals surface area contributed by atoms with Gasteiger partial charge >= 0.3 is 0 Å². The van der Waals surface area contributed by atoms with Crippen LogP contribution in [0.15, 0.2) is 42.5 Å². The molecule has 0 saturated heterocycles. The number of nitrogens with one attached hydrogen (secondary N) is 1. The first-order chi connectivity index (χ1) is 9.65. The zero-order valence-corrected chi connectivity index (χ0v) is 11.0. The summed E-state index contributed by atoms with van der Waals surface area (Å²) in [5.41, 5.74) is 7.25. The molecule has 0 spiro atoms. The normalized spacial score (nSPS) is 10.2. The van der Waals surface area contributed by atoms with Gasteiger partial charge in [0, 0.05) is 17.8 Å². The van der Waals surface area contributed by atoms with Gasteiger partial charge in [-0.15, -0.1) is 0 Å². The fourth-order valence-corrected chi connectivity index (χ4v) is 1.82. The number of nitrogens with two attached hydrogens (primary N) is 1. The smallest absolute Gasteiger partial charge is 0.255 e. The van der Waals surface area contributed by atoms with Crippen LogP contribution in [-0.2, 0) is 6.54 Å². The molecule has 0 bridgehead atoms. The number of hydrogen-bond donors (Lipinski definition) is 2. The molecule has 5 heteroatoms. The molecular formula is C15H15FN2O2. The maximum absolute atomic E-state index is 13.6. The number of hydrogen-bond acceptors (Lipinski definition) is 3. The van der Waals surface area contributed by atoms with Crippen molar-refractivity contribution in [3.05, 3.63) is 59.4 Å². The zero-order valence-electron chi connectivity index (χ0n) is 11.0. The summed E-state index contributed by atoms with van der Waals surface area (Å²) in [4.78, 5) is 12.1. The summed E-state index contributed by atoms with van der Waals surface area (Å²) in [6.45, 7) is 0.313. The molecule has 0 heterocycles. The third-order valence-electron chi connectivity index (χ3n) is 2.90. The number of ether oxygens (including phenoxy) is 1. The molecule has 2 rings (SSSR count). The average molecular weight is 274 g/mol. The molecule has 0 atom stereocenters. The van der Waals surface area contributed by atoms with E-state index in [1.807, 2.05) is 12.1 Å². The molecule has 0 aliphatic rings. The molecule has 20 heavy (non-hydrogen) atoms. The van der Waals surface area contributed by atoms with Crippen molar-refractivity contribution in [2.75, 3.05) is 12.4 Å². The van der Waals surface area contributed by atoms with E-state index in [1.165, 1.54) is 19.2 Å². The first-order valence-electron chi connectivity index (χ1n) is 6.08. The van der Waals surface area contributed by atoms with E-state index in [9.17, 15) is 9.18 Å². The summed E-state index contributed by atoms with van der Waals surface area (Å²) >= 11 is 0. The van der Waals surface area contributed by atoms with E-state index in [0.29, 0.717) is 12.2 Å². The van der Waals surface area contributed by atoms with Gasteiger partial charge in [-0.2, -0.15) is 0 Å². The lowest BCUT2D eigenvalue weighted by Gasteiger charge is -2.10. The van der Waals surface area contributed by atoms with E-state index >= 15 is 0 Å². The highest BCUT2D eigenvalue weighted by Gasteiger charge is 2.11. The summed E-state index contributed by atoms with van der Waals surface area (Å²) in [6, 6.07) is 11.3. The van der Waals surface area contributed by atoms with E-state index in [1.54, 1.807) is 12.1 Å². The molecule has 0 saturated carbocycles. The molecule has 0 radical (unpaired) electrons. The number of benzene rings is 2. The SMILES string of the molecule is COc1ccc(C(=O)Nc2ccccc2CN)cc1F. The minimum atomic E-state index is -0.577. The quantitative estimate of drug-likeness (QED) is 0.900. The number of halogens is 1. The Morgan fingerprint density at radius 2 is 2.05 bits per heavy atom. The lowest BCUT2D eigenvalue weighted by Crippen LogP contribution is -2.14. The Morgan fingerprint density at radius 1 is 1.30 bits per heavy atom. The Kier molecular flexibility index (Phi) is 4.32. The van der Waals surface area contributed by atoms with Gasteiger partial charge in [-0.3, -0.25) is 4.79 Å². The van der Waals surface area contributed by atoms with Crippen molar-refractivity contribution in [1.29, 1.82) is 0 Å². The van der Waals surface area contributed by atoms with Gasteiger partial charge in [0.15, 0.2) is 11.6 Å². The maximum Gasteiger partial charge on any atom is 0.255 e. The minimum Gasteiger partial charge on any atom is -0.494 e. The monoisotopic (exact) mass is 274 g/mol. The van der Waals surface area contributed by atoms with Crippen LogP contribution >= 0.6 is 0 Å². The van der Waals surface area contributed by atoms with Crippen LogP contribution in [0.25, 0.3) is 0 Å². The van der Waals surface area contributed by atoms with E-state index in [2.05, 4.69) is 5.32 Å². The molecule has 0 aromatic heterocycles. The summed E-state index contributed by atoms with van der Waals surface area (Å²) in [7, 11) is 1.37. The summed E-state index contributed by atoms with van der Waals surface area (Å²) in [6.07, 6.45) is 0. The fourth-order valence-electron chi connectivity index (χ4n) is 1.82. The maximum atomic E-state index is 13.6. The third-order valence-corrected chi connectivity index (χ3v) is 2.90. The van der Waals surface area contributed by atoms with E-state index in [0.717, 1.165) is 11.6 Å². The van der Waals surface area contributed by atoms with Gasteiger partial charge in [0.1, 0.15) is 0 Å². The molecule has 0 fully saturated rings. The van der Waals surface area contributed by atoms with Crippen molar-refractivity contribution in [3.8, 4) is 5.75 Å². The van der Waals surface area contributed by atoms with Crippen molar-refractivity contribution < 1.29 is 13.9 Å². The lowest BCUT2D eigenvalue weighted by atomic mass is 10.1. The number of rotatable bonds is 4. The number of carbonyl (C=O) groups excluding carboxylic acids is 1. The van der Waals surface area contributed by atoms with Crippen LogP contribution in [0.5, 0.6) is 5.75 Å². The van der Waals surface area contributed by atoms with Crippen LogP contribution in [0.4, 0.5) is 10.1 Å². The number of anilines is 1. The molecule has 2 aromatic rings. The van der Waals surface area contributed by atoms with Crippen molar-refractivity contribution in [1.82, 2.24) is 0 Å². The zero-order chi connectivity index (χ0) is 14.5. The van der Waals surface area contributed by atoms with Gasteiger partial charge < -0.3 is 15.8 Å². The van der Waals surface area contributed by atoms with E-state index in [-0.39, 0.29) is 11.3 Å². The standard InChI is InChI=1S/C15H15FN2O2/c1-20-14-7-6-10(8-12(14)16)15(19)18-13-5-3-2-4-11(13)9-17/h2-8H,9,17H2,1H3,(H,18,19). The number of amides is 1. The Labute approximate surface area is 116 Å². The van der Waals surface area contributed by atoms with Crippen molar-refractivity contribution in [2.24, 2.45) is 5.73 Å². The molecular weight excluding hydrogens is 259 g/mol. The Hall–Kier alpha value is -2.40. The van der Waals surface area contributed by atoms with E-state index < -0.39 is 11.7 Å². The second kappa shape index (κ2) is 6.16. The third kappa shape index (κ3) is 2.95. The van der Waals surface area contributed by atoms with Crippen molar-refractivity contribution in [2.45, 2.75) is 6.54 Å². The van der Waals surface area contributed by atoms with Crippen molar-refractivity contribution >= 4 is 11.6 Å². The molecule has 2 aromatic carbocycles. The molecule has 0 aliphatic carbocycles. The Balaban J connectivity index is 2.22. The highest BCUT2D eigenvalue weighted by molar-refractivity contribution is 6.04. The summed E-state index contributed by atoms with van der Waals surface area (Å²) in [5.74, 6) is -0.872. The predicted octanol–water partition coefficient (Wildman–Crippen LogP) is 2.55. The largest absolute Gasteiger partial charge is 0.494 e. The predicted molar refractivity (Wildman–Crippen MR) is 75.2 cm³/mol. The lowest BCUT2D eigenvalue weighted by molar-refractivity contribution is 0.102. The average Bonchev–Trinajstić information content (AvgIpc) is 2.47. The van der Waals surface area contributed by atoms with Crippen LogP contribution in [0.1, 0.15) is 15.9 Å². The van der Waals surface area contributed by atoms with Crippen LogP contribution in [-0.4, -0.2) is 13.0 Å². The first-order valence-corrected chi connectivity index (χ1v) is 6.08. The van der Waals surface area contributed by atoms with Crippen molar-refractivity contribution in [3.63, 3.8) is 0 Å². The molecule has 1 amide bonds. The Morgan fingerprint density at radius 3 is 2.70 bits per heavy atom.